The number of imidazole rings is 2. The van der Waals surface area contributed by atoms with E-state index < -0.39 is 36.2 Å². The predicted molar refractivity (Wildman–Crippen MR) is 208 cm³/mol. The molecule has 4 heterocycles. The number of nitrogens with zero attached hydrogens (tertiary/aromatic N) is 6. The zero-order valence-electron chi connectivity index (χ0n) is 32.3. The van der Waals surface area contributed by atoms with Crippen molar-refractivity contribution in [2.45, 2.75) is 53.6 Å². The number of aliphatic hydroxyl groups is 1. The highest BCUT2D eigenvalue weighted by atomic mass is 16.5. The number of carbonyl (C=O) groups excluding carboxylic acids is 4. The number of aliphatic hydroxyl groups excluding tert-OH is 1. The fraction of sp³-hybridized carbons (Fsp3) is 0.289. The number of carbonyl (C=O) groups is 5. The molecule has 59 heavy (non-hydrogen) atoms. The Morgan fingerprint density at radius 1 is 0.729 bits per heavy atom. The van der Waals surface area contributed by atoms with Gasteiger partial charge in [-0.2, -0.15) is 0 Å². The molecule has 2 aromatic carbocycles. The number of carboxylic acids is 1. The van der Waals surface area contributed by atoms with E-state index in [1.54, 1.807) is 30.6 Å². The van der Waals surface area contributed by atoms with Gasteiger partial charge in [0, 0.05) is 38.1 Å². The standard InChI is InChI=1S/C38H40N10O11/c1-5-22-31(58-18(3)41-22)35(54)45-37-43-24-13-20(33(39)52)15-26(56-12-11-49)29(24)47(37)9-7-8-10-48-30-25(14-21(34(40)53)16-27(30)57-17-28(50)51)44-38(48)46-36(55)32-23(6-2)42-19(4)59-32/h7-8,13-16,49H,5-6,9-12,17H2,1-4H3,(H2,39,52)(H2,40,53)(H,50,51)(H,43,45,54)(H,44,46,55). The van der Waals surface area contributed by atoms with Crippen LogP contribution in [0.1, 0.15) is 78.8 Å². The van der Waals surface area contributed by atoms with Crippen LogP contribution < -0.4 is 31.6 Å². The highest BCUT2D eigenvalue weighted by Gasteiger charge is 2.25. The third-order valence-electron chi connectivity index (χ3n) is 8.77. The smallest absolute Gasteiger partial charge is 0.341 e. The van der Waals surface area contributed by atoms with Gasteiger partial charge >= 0.3 is 5.97 Å². The molecule has 6 rings (SSSR count). The quantitative estimate of drug-likeness (QED) is 0.0680. The van der Waals surface area contributed by atoms with Crippen molar-refractivity contribution in [3.63, 3.8) is 0 Å². The number of aryl methyl sites for hydroxylation is 4. The summed E-state index contributed by atoms with van der Waals surface area (Å²) in [7, 11) is 0. The summed E-state index contributed by atoms with van der Waals surface area (Å²) in [5.74, 6) is -3.59. The number of carboxylic acid groups (broad SMARTS) is 1. The van der Waals surface area contributed by atoms with Gasteiger partial charge in [-0.25, -0.2) is 24.7 Å². The maximum Gasteiger partial charge on any atom is 0.341 e. The van der Waals surface area contributed by atoms with Crippen molar-refractivity contribution >= 4 is 63.6 Å². The minimum absolute atomic E-state index is 0.00724. The van der Waals surface area contributed by atoms with Gasteiger partial charge in [0.2, 0.25) is 35.2 Å². The Morgan fingerprint density at radius 2 is 1.17 bits per heavy atom. The largest absolute Gasteiger partial charge is 0.489 e. The Morgan fingerprint density at radius 3 is 1.56 bits per heavy atom. The molecular formula is C38H40N10O11. The molecule has 21 heteroatoms. The first-order valence-corrected chi connectivity index (χ1v) is 18.2. The Hall–Kier alpha value is -7.55. The molecule has 21 nitrogen and oxygen atoms in total. The van der Waals surface area contributed by atoms with Crippen LogP contribution in [-0.2, 0) is 30.7 Å². The number of benzene rings is 2. The first-order valence-electron chi connectivity index (χ1n) is 18.2. The van der Waals surface area contributed by atoms with Crippen molar-refractivity contribution in [1.82, 2.24) is 29.1 Å². The van der Waals surface area contributed by atoms with Crippen LogP contribution in [0.15, 0.2) is 45.3 Å². The van der Waals surface area contributed by atoms with Crippen LogP contribution in [0.3, 0.4) is 0 Å². The molecule has 308 valence electrons. The number of hydrogen-bond acceptors (Lipinski definition) is 14. The highest BCUT2D eigenvalue weighted by molar-refractivity contribution is 6.05. The number of nitrogens with two attached hydrogens (primary N) is 2. The second kappa shape index (κ2) is 17.3. The molecule has 0 aliphatic carbocycles. The summed E-state index contributed by atoms with van der Waals surface area (Å²) < 4.78 is 25.7. The minimum Gasteiger partial charge on any atom is -0.489 e. The Balaban J connectivity index is 1.43. The van der Waals surface area contributed by atoms with Crippen LogP contribution >= 0.6 is 0 Å². The van der Waals surface area contributed by atoms with Gasteiger partial charge in [0.05, 0.1) is 29.0 Å². The van der Waals surface area contributed by atoms with E-state index in [0.717, 1.165) is 0 Å². The summed E-state index contributed by atoms with van der Waals surface area (Å²) in [6.07, 6.45) is 4.17. The first-order chi connectivity index (χ1) is 28.2. The first kappa shape index (κ1) is 41.1. The SMILES string of the molecule is CCc1nc(C)oc1C(=O)Nc1nc2cc(C(N)=O)cc(OCCO)c2n1CC=CCn1c(NC(=O)c2oc(C)nc2CC)nc2cc(C(N)=O)cc(OCC(=O)O)c21. The molecule has 0 saturated heterocycles. The molecule has 0 spiro atoms. The Bertz CT molecular complexity index is 2650. The van der Waals surface area contributed by atoms with Crippen LogP contribution in [0.2, 0.25) is 0 Å². The lowest BCUT2D eigenvalue weighted by Crippen LogP contribution is -2.17. The number of aromatic nitrogens is 6. The van der Waals surface area contributed by atoms with E-state index in [1.165, 1.54) is 28.8 Å². The lowest BCUT2D eigenvalue weighted by molar-refractivity contribution is -0.139. The van der Waals surface area contributed by atoms with Crippen molar-refractivity contribution < 1.29 is 52.5 Å². The molecule has 0 bridgehead atoms. The monoisotopic (exact) mass is 812 g/mol. The van der Waals surface area contributed by atoms with Gasteiger partial charge in [0.1, 0.15) is 29.1 Å². The number of fused-ring (bicyclic) bond motifs is 2. The summed E-state index contributed by atoms with van der Waals surface area (Å²) >= 11 is 0. The summed E-state index contributed by atoms with van der Waals surface area (Å²) in [6, 6.07) is 5.48. The number of rotatable bonds is 18. The number of oxazole rings is 2. The lowest BCUT2D eigenvalue weighted by Gasteiger charge is -2.13. The van der Waals surface area contributed by atoms with Gasteiger partial charge in [-0.1, -0.05) is 26.0 Å². The maximum atomic E-state index is 13.6. The number of anilines is 2. The van der Waals surface area contributed by atoms with E-state index in [9.17, 15) is 34.2 Å². The Kier molecular flexibility index (Phi) is 12.0. The zero-order chi connectivity index (χ0) is 42.5. The maximum absolute atomic E-state index is 13.6. The number of amides is 4. The van der Waals surface area contributed by atoms with Crippen molar-refractivity contribution in [3.8, 4) is 11.5 Å². The molecule has 0 radical (unpaired) electrons. The van der Waals surface area contributed by atoms with Crippen molar-refractivity contribution in [1.29, 1.82) is 0 Å². The van der Waals surface area contributed by atoms with Crippen LogP contribution in [0, 0.1) is 13.8 Å². The fourth-order valence-electron chi connectivity index (χ4n) is 6.26. The van der Waals surface area contributed by atoms with Gasteiger partial charge in [0.25, 0.3) is 11.8 Å². The predicted octanol–water partition coefficient (Wildman–Crippen LogP) is 2.90. The van der Waals surface area contributed by atoms with Gasteiger partial charge in [-0.15, -0.1) is 0 Å². The molecule has 4 amide bonds. The molecule has 0 fully saturated rings. The van der Waals surface area contributed by atoms with E-state index in [1.807, 2.05) is 13.8 Å². The molecule has 8 N–H and O–H groups in total. The molecule has 0 atom stereocenters. The third kappa shape index (κ3) is 8.73. The summed E-state index contributed by atoms with van der Waals surface area (Å²) in [5, 5.41) is 24.4. The normalized spacial score (nSPS) is 11.4. The van der Waals surface area contributed by atoms with Crippen molar-refractivity contribution in [3.05, 3.63) is 82.2 Å². The van der Waals surface area contributed by atoms with Gasteiger partial charge in [0.15, 0.2) is 18.4 Å². The fourth-order valence-corrected chi connectivity index (χ4v) is 6.26. The Labute approximate surface area is 334 Å². The number of hydrogen-bond donors (Lipinski definition) is 6. The van der Waals surface area contributed by atoms with E-state index >= 15 is 0 Å². The van der Waals surface area contributed by atoms with E-state index in [2.05, 4.69) is 30.6 Å². The van der Waals surface area contributed by atoms with Crippen LogP contribution in [-0.4, -0.2) is 88.7 Å². The average molecular weight is 813 g/mol. The molecule has 6 aromatic rings. The summed E-state index contributed by atoms with van der Waals surface area (Å²) in [4.78, 5) is 80.8. The van der Waals surface area contributed by atoms with Crippen molar-refractivity contribution in [2.24, 2.45) is 11.5 Å². The van der Waals surface area contributed by atoms with Crippen LogP contribution in [0.25, 0.3) is 22.1 Å². The van der Waals surface area contributed by atoms with Crippen LogP contribution in [0.4, 0.5) is 11.9 Å². The number of aliphatic carboxylic acids is 1. The third-order valence-corrected chi connectivity index (χ3v) is 8.77. The van der Waals surface area contributed by atoms with E-state index in [4.69, 9.17) is 29.8 Å². The second-order valence-electron chi connectivity index (χ2n) is 12.9. The average Bonchev–Trinajstić information content (AvgIpc) is 3.96. The van der Waals surface area contributed by atoms with E-state index in [0.29, 0.717) is 35.6 Å². The van der Waals surface area contributed by atoms with Crippen molar-refractivity contribution in [2.75, 3.05) is 30.5 Å². The van der Waals surface area contributed by atoms with Gasteiger partial charge in [-0.05, 0) is 37.1 Å². The number of allylic oxidation sites excluding steroid dienone is 2. The van der Waals surface area contributed by atoms with Gasteiger partial charge < -0.3 is 49.1 Å². The molecular weight excluding hydrogens is 772 g/mol. The number of primary amides is 2. The lowest BCUT2D eigenvalue weighted by atomic mass is 10.1. The number of ether oxygens (including phenoxy) is 2. The molecule has 0 unspecified atom stereocenters. The summed E-state index contributed by atoms with van der Waals surface area (Å²) in [5.41, 5.74) is 13.0. The zero-order valence-corrected chi connectivity index (χ0v) is 32.3. The van der Waals surface area contributed by atoms with E-state index in [-0.39, 0.29) is 94.8 Å². The topological polar surface area (TPSA) is 308 Å². The summed E-state index contributed by atoms with van der Waals surface area (Å²) in [6.45, 7) is 5.55. The minimum atomic E-state index is -1.29. The van der Waals surface area contributed by atoms with Crippen LogP contribution in [0.5, 0.6) is 11.5 Å². The highest BCUT2D eigenvalue weighted by Crippen LogP contribution is 2.33. The number of nitrogens with one attached hydrogen (secondary N) is 2. The van der Waals surface area contributed by atoms with Gasteiger partial charge in [-0.3, -0.25) is 29.8 Å². The molecule has 4 aromatic heterocycles. The second-order valence-corrected chi connectivity index (χ2v) is 12.9. The molecule has 0 aliphatic heterocycles. The molecule has 0 saturated carbocycles. The molecule has 0 aliphatic rings.